The Morgan fingerprint density at radius 2 is 1.75 bits per heavy atom. The minimum absolute atomic E-state index is 0.00319. The van der Waals surface area contributed by atoms with Gasteiger partial charge in [0.25, 0.3) is 5.56 Å². The van der Waals surface area contributed by atoms with Crippen LogP contribution in [0, 0.1) is 5.92 Å². The van der Waals surface area contributed by atoms with Crippen LogP contribution in [0.2, 0.25) is 0 Å². The Balaban J connectivity index is 1.20. The number of carbonyl (C=O) groups is 1. The fourth-order valence-corrected chi connectivity index (χ4v) is 8.18. The molecule has 0 saturated heterocycles. The second-order valence-corrected chi connectivity index (χ2v) is 13.8. The lowest BCUT2D eigenvalue weighted by Crippen LogP contribution is -2.38. The summed E-state index contributed by atoms with van der Waals surface area (Å²) in [7, 11) is 0. The van der Waals surface area contributed by atoms with Gasteiger partial charge in [0.1, 0.15) is 11.4 Å². The molecular formula is C39H49NO4. The molecule has 0 bridgehead atoms. The molecule has 3 aromatic rings. The molecular weight excluding hydrogens is 546 g/mol. The highest BCUT2D eigenvalue weighted by molar-refractivity contribution is 5.96. The number of benzene rings is 2. The molecule has 1 aliphatic heterocycles. The van der Waals surface area contributed by atoms with Crippen LogP contribution in [0.4, 0.5) is 0 Å². The summed E-state index contributed by atoms with van der Waals surface area (Å²) < 4.78 is 8.47. The summed E-state index contributed by atoms with van der Waals surface area (Å²) in [6, 6.07) is 20.3. The number of aryl methyl sites for hydroxylation is 1. The van der Waals surface area contributed by atoms with Crippen molar-refractivity contribution < 1.29 is 14.6 Å². The Bertz CT molecular complexity index is 1460. The highest BCUT2D eigenvalue weighted by Gasteiger charge is 2.43. The van der Waals surface area contributed by atoms with Crippen LogP contribution in [0.3, 0.4) is 0 Å². The van der Waals surface area contributed by atoms with E-state index in [2.05, 4.69) is 37.3 Å². The lowest BCUT2D eigenvalue weighted by atomic mass is 9.77. The smallest absolute Gasteiger partial charge is 0.250 e. The molecule has 0 unspecified atom stereocenters. The highest BCUT2D eigenvalue weighted by Crippen LogP contribution is 2.50. The van der Waals surface area contributed by atoms with Crippen molar-refractivity contribution >= 4 is 5.78 Å². The third-order valence-corrected chi connectivity index (χ3v) is 10.8. The van der Waals surface area contributed by atoms with Gasteiger partial charge in [-0.15, -0.1) is 0 Å². The zero-order chi connectivity index (χ0) is 30.5. The molecule has 3 aliphatic rings. The first kappa shape index (κ1) is 30.8. The first-order valence-electron chi connectivity index (χ1n) is 17.2. The fourth-order valence-electron chi connectivity index (χ4n) is 8.18. The number of ether oxygens (including phenoxy) is 1. The Hall–Kier alpha value is -3.18. The van der Waals surface area contributed by atoms with E-state index in [0.717, 1.165) is 69.1 Å². The van der Waals surface area contributed by atoms with E-state index >= 15 is 0 Å². The maximum atomic E-state index is 13.8. The van der Waals surface area contributed by atoms with Crippen molar-refractivity contribution in [3.05, 3.63) is 99.5 Å². The first-order valence-corrected chi connectivity index (χ1v) is 17.2. The number of Topliss-reactive ketones (excluding diaryl/α,β-unsaturated/α-hetero) is 1. The number of fused-ring (bicyclic) bond motifs is 1. The second kappa shape index (κ2) is 13.9. The van der Waals surface area contributed by atoms with Crippen LogP contribution in [0.15, 0.2) is 71.7 Å². The summed E-state index contributed by atoms with van der Waals surface area (Å²) in [5.74, 6) is 1.16. The molecule has 2 aliphatic carbocycles. The minimum Gasteiger partial charge on any atom is -0.487 e. The average molecular weight is 596 g/mol. The summed E-state index contributed by atoms with van der Waals surface area (Å²) in [4.78, 5) is 26.5. The van der Waals surface area contributed by atoms with Gasteiger partial charge in [0.2, 0.25) is 0 Å². The number of aromatic nitrogens is 1. The first-order chi connectivity index (χ1) is 21.4. The number of pyridine rings is 1. The van der Waals surface area contributed by atoms with Crippen molar-refractivity contribution in [2.75, 3.05) is 0 Å². The van der Waals surface area contributed by atoms with Gasteiger partial charge in [-0.2, -0.15) is 0 Å². The van der Waals surface area contributed by atoms with E-state index in [1.165, 1.54) is 30.4 Å². The topological polar surface area (TPSA) is 68.5 Å². The third-order valence-electron chi connectivity index (χ3n) is 10.8. The fraction of sp³-hybridized carbons (Fsp3) is 0.538. The van der Waals surface area contributed by atoms with E-state index in [9.17, 15) is 14.7 Å². The predicted molar refractivity (Wildman–Crippen MR) is 176 cm³/mol. The Labute approximate surface area is 262 Å². The Morgan fingerprint density at radius 1 is 0.977 bits per heavy atom. The number of aliphatic hydroxyl groups excluding tert-OH is 1. The van der Waals surface area contributed by atoms with E-state index in [1.807, 2.05) is 18.2 Å². The van der Waals surface area contributed by atoms with Crippen LogP contribution in [0.5, 0.6) is 5.75 Å². The summed E-state index contributed by atoms with van der Waals surface area (Å²) in [6.07, 6.45) is 15.7. The molecule has 2 aromatic carbocycles. The molecule has 3 atom stereocenters. The lowest BCUT2D eigenvalue weighted by Gasteiger charge is -2.40. The molecule has 6 rings (SSSR count). The van der Waals surface area contributed by atoms with Crippen molar-refractivity contribution in [3.8, 4) is 5.75 Å². The van der Waals surface area contributed by atoms with E-state index in [4.69, 9.17) is 4.74 Å². The van der Waals surface area contributed by atoms with Crippen molar-refractivity contribution in [1.82, 2.24) is 4.57 Å². The van der Waals surface area contributed by atoms with Gasteiger partial charge in [-0.05, 0) is 111 Å². The zero-order valence-electron chi connectivity index (χ0n) is 26.4. The number of aliphatic hydroxyl groups is 1. The van der Waals surface area contributed by atoms with E-state index in [1.54, 1.807) is 22.9 Å². The van der Waals surface area contributed by atoms with E-state index in [0.29, 0.717) is 24.3 Å². The monoisotopic (exact) mass is 595 g/mol. The van der Waals surface area contributed by atoms with Crippen molar-refractivity contribution in [2.45, 2.75) is 127 Å². The SMILES string of the molecule is CCc1ccc2c(c1)[C@@H](CC[C@@H](O)[C@@H](CC(=O)c1ccc(=O)n(C3CCCCC3)c1)Cc1ccccc1)CC1(CCCC1)O2. The summed E-state index contributed by atoms with van der Waals surface area (Å²) in [5, 5.41) is 11.8. The number of hydrogen-bond acceptors (Lipinski definition) is 4. The molecule has 2 saturated carbocycles. The van der Waals surface area contributed by atoms with Gasteiger partial charge in [0.05, 0.1) is 6.10 Å². The van der Waals surface area contributed by atoms with Crippen LogP contribution in [0.1, 0.15) is 129 Å². The third kappa shape index (κ3) is 7.04. The standard InChI is InChI=1S/C39H49NO4/c1-2-28-15-19-37-34(24-28)30(26-39(44-37)21-9-10-22-39)16-18-35(41)32(23-29-11-5-3-6-12-29)25-36(42)31-17-20-38(43)40(27-31)33-13-7-4-8-14-33/h3,5-6,11-12,15,17,19-20,24,27,30,32-33,35,41H,2,4,7-10,13-14,16,18,21-23,25-26H2,1H3/t30-,32+,35+/m0/s1. The van der Waals surface area contributed by atoms with Gasteiger partial charge < -0.3 is 14.4 Å². The maximum Gasteiger partial charge on any atom is 0.250 e. The lowest BCUT2D eigenvalue weighted by molar-refractivity contribution is 0.0343. The van der Waals surface area contributed by atoms with E-state index < -0.39 is 6.10 Å². The van der Waals surface area contributed by atoms with Gasteiger partial charge in [-0.3, -0.25) is 9.59 Å². The maximum absolute atomic E-state index is 13.8. The summed E-state index contributed by atoms with van der Waals surface area (Å²) >= 11 is 0. The predicted octanol–water partition coefficient (Wildman–Crippen LogP) is 8.37. The van der Waals surface area contributed by atoms with Crippen molar-refractivity contribution in [1.29, 1.82) is 0 Å². The minimum atomic E-state index is -0.608. The molecule has 5 nitrogen and oxygen atoms in total. The van der Waals surface area contributed by atoms with Gasteiger partial charge in [-0.25, -0.2) is 0 Å². The Morgan fingerprint density at radius 3 is 2.50 bits per heavy atom. The normalized spacial score (nSPS) is 21.0. The molecule has 234 valence electrons. The van der Waals surface area contributed by atoms with Gasteiger partial charge >= 0.3 is 0 Å². The number of ketones is 1. The second-order valence-electron chi connectivity index (χ2n) is 13.8. The van der Waals surface area contributed by atoms with Crippen LogP contribution < -0.4 is 10.3 Å². The summed E-state index contributed by atoms with van der Waals surface area (Å²) in [5.41, 5.74) is 4.21. The average Bonchev–Trinajstić information content (AvgIpc) is 3.51. The summed E-state index contributed by atoms with van der Waals surface area (Å²) in [6.45, 7) is 2.19. The number of hydrogen-bond donors (Lipinski definition) is 1. The number of nitrogens with zero attached hydrogens (tertiary/aromatic N) is 1. The van der Waals surface area contributed by atoms with E-state index in [-0.39, 0.29) is 35.3 Å². The van der Waals surface area contributed by atoms with Gasteiger partial charge in [0, 0.05) is 30.3 Å². The molecule has 1 spiro atoms. The molecule has 0 radical (unpaired) electrons. The van der Waals surface area contributed by atoms with Crippen LogP contribution >= 0.6 is 0 Å². The van der Waals surface area contributed by atoms with Crippen LogP contribution in [-0.4, -0.2) is 27.2 Å². The van der Waals surface area contributed by atoms with Gasteiger partial charge in [-0.1, -0.05) is 68.7 Å². The largest absolute Gasteiger partial charge is 0.487 e. The number of carbonyl (C=O) groups excluding carboxylic acids is 1. The zero-order valence-corrected chi connectivity index (χ0v) is 26.4. The molecule has 5 heteroatoms. The molecule has 1 aromatic heterocycles. The highest BCUT2D eigenvalue weighted by atomic mass is 16.5. The molecule has 2 fully saturated rings. The molecule has 1 N–H and O–H groups in total. The van der Waals surface area contributed by atoms with Crippen LogP contribution in [-0.2, 0) is 12.8 Å². The van der Waals surface area contributed by atoms with Gasteiger partial charge in [0.15, 0.2) is 5.78 Å². The van der Waals surface area contributed by atoms with Crippen LogP contribution in [0.25, 0.3) is 0 Å². The number of rotatable bonds is 11. The van der Waals surface area contributed by atoms with Crippen molar-refractivity contribution in [2.24, 2.45) is 5.92 Å². The molecule has 0 amide bonds. The Kier molecular flexibility index (Phi) is 9.71. The quantitative estimate of drug-likeness (QED) is 0.226. The molecule has 44 heavy (non-hydrogen) atoms. The molecule has 2 heterocycles. The van der Waals surface area contributed by atoms with Crippen molar-refractivity contribution in [3.63, 3.8) is 0 Å².